The highest BCUT2D eigenvalue weighted by Gasteiger charge is 2.23. The van der Waals surface area contributed by atoms with Crippen LogP contribution in [-0.2, 0) is 4.79 Å². The normalized spacial score (nSPS) is 13.6. The third kappa shape index (κ3) is 3.66. The highest BCUT2D eigenvalue weighted by molar-refractivity contribution is 5.89. The zero-order valence-corrected chi connectivity index (χ0v) is 10.2. The molecule has 0 aliphatic heterocycles. The fourth-order valence-corrected chi connectivity index (χ4v) is 1.12. The van der Waals surface area contributed by atoms with E-state index in [2.05, 4.69) is 10.5 Å². The number of rotatable bonds is 3. The highest BCUT2D eigenvalue weighted by atomic mass is 16.5. The van der Waals surface area contributed by atoms with Gasteiger partial charge in [-0.15, -0.1) is 0 Å². The second-order valence-corrected chi connectivity index (χ2v) is 5.06. The van der Waals surface area contributed by atoms with E-state index in [4.69, 9.17) is 10.3 Å². The zero-order valence-electron chi connectivity index (χ0n) is 10.2. The average Bonchev–Trinajstić information content (AvgIpc) is 2.49. The maximum Gasteiger partial charge on any atom is 0.231 e. The third-order valence-electron chi connectivity index (χ3n) is 2.41. The summed E-state index contributed by atoms with van der Waals surface area (Å²) in [6, 6.07) is 1.48. The Morgan fingerprint density at radius 1 is 1.62 bits per heavy atom. The van der Waals surface area contributed by atoms with Crippen LogP contribution in [0.1, 0.15) is 32.9 Å². The standard InChI is InChI=1S/C11H19N3O2/c1-7-5-10(16-14-7)13-9(15)6-8(12)11(2,3)4/h5,8H,6,12H2,1-4H3,(H,13,15). The first-order valence-corrected chi connectivity index (χ1v) is 5.28. The molecule has 0 aliphatic carbocycles. The Kier molecular flexibility index (Phi) is 3.70. The molecule has 5 nitrogen and oxygen atoms in total. The van der Waals surface area contributed by atoms with Gasteiger partial charge in [0.25, 0.3) is 0 Å². The zero-order chi connectivity index (χ0) is 12.3. The van der Waals surface area contributed by atoms with Crippen molar-refractivity contribution in [2.75, 3.05) is 5.32 Å². The maximum absolute atomic E-state index is 11.6. The number of anilines is 1. The summed E-state index contributed by atoms with van der Waals surface area (Å²) in [6.45, 7) is 7.80. The molecule has 1 amide bonds. The topological polar surface area (TPSA) is 81.2 Å². The van der Waals surface area contributed by atoms with E-state index in [9.17, 15) is 4.79 Å². The molecule has 1 rings (SSSR count). The number of nitrogens with one attached hydrogen (secondary N) is 1. The Labute approximate surface area is 95.4 Å². The number of carbonyl (C=O) groups is 1. The third-order valence-corrected chi connectivity index (χ3v) is 2.41. The Bertz CT molecular complexity index is 366. The van der Waals surface area contributed by atoms with Crippen LogP contribution in [0.3, 0.4) is 0 Å². The summed E-state index contributed by atoms with van der Waals surface area (Å²) in [5.74, 6) is 0.210. The highest BCUT2D eigenvalue weighted by Crippen LogP contribution is 2.20. The van der Waals surface area contributed by atoms with Crippen molar-refractivity contribution in [2.24, 2.45) is 11.1 Å². The first-order chi connectivity index (χ1) is 7.29. The number of hydrogen-bond acceptors (Lipinski definition) is 4. The van der Waals surface area contributed by atoms with Crippen LogP contribution in [0.5, 0.6) is 0 Å². The molecule has 1 unspecified atom stereocenters. The van der Waals surface area contributed by atoms with Gasteiger partial charge in [0.05, 0.1) is 5.69 Å². The monoisotopic (exact) mass is 225 g/mol. The lowest BCUT2D eigenvalue weighted by atomic mass is 9.85. The summed E-state index contributed by atoms with van der Waals surface area (Å²) in [4.78, 5) is 11.6. The number of aromatic nitrogens is 1. The van der Waals surface area contributed by atoms with Crippen molar-refractivity contribution in [3.63, 3.8) is 0 Å². The van der Waals surface area contributed by atoms with Crippen molar-refractivity contribution in [3.8, 4) is 0 Å². The first kappa shape index (κ1) is 12.7. The first-order valence-electron chi connectivity index (χ1n) is 5.28. The van der Waals surface area contributed by atoms with Gasteiger partial charge in [-0.25, -0.2) is 0 Å². The van der Waals surface area contributed by atoms with Gasteiger partial charge >= 0.3 is 0 Å². The van der Waals surface area contributed by atoms with Crippen molar-refractivity contribution >= 4 is 11.8 Å². The molecule has 0 spiro atoms. The lowest BCUT2D eigenvalue weighted by Crippen LogP contribution is -2.38. The minimum atomic E-state index is -0.184. The van der Waals surface area contributed by atoms with E-state index >= 15 is 0 Å². The van der Waals surface area contributed by atoms with E-state index in [1.165, 1.54) is 0 Å². The van der Waals surface area contributed by atoms with Gasteiger partial charge in [-0.2, -0.15) is 0 Å². The predicted octanol–water partition coefficient (Wildman–Crippen LogP) is 1.69. The minimum absolute atomic E-state index is 0.0886. The van der Waals surface area contributed by atoms with E-state index in [-0.39, 0.29) is 23.8 Å². The van der Waals surface area contributed by atoms with Crippen molar-refractivity contribution in [2.45, 2.75) is 40.2 Å². The van der Waals surface area contributed by atoms with Crippen LogP contribution in [0.15, 0.2) is 10.6 Å². The number of aryl methyl sites for hydroxylation is 1. The molecule has 1 aromatic heterocycles. The molecule has 1 aromatic rings. The molecule has 0 bridgehead atoms. The van der Waals surface area contributed by atoms with Gasteiger partial charge in [0.2, 0.25) is 11.8 Å². The van der Waals surface area contributed by atoms with Gasteiger partial charge in [0.1, 0.15) is 0 Å². The molecule has 0 fully saturated rings. The van der Waals surface area contributed by atoms with Crippen LogP contribution in [0.25, 0.3) is 0 Å². The second kappa shape index (κ2) is 4.65. The van der Waals surface area contributed by atoms with Crippen LogP contribution in [-0.4, -0.2) is 17.1 Å². The molecule has 0 aliphatic rings. The molecule has 0 aromatic carbocycles. The summed E-state index contributed by atoms with van der Waals surface area (Å²) in [5.41, 5.74) is 6.55. The van der Waals surface area contributed by atoms with Crippen LogP contribution >= 0.6 is 0 Å². The maximum atomic E-state index is 11.6. The van der Waals surface area contributed by atoms with E-state index in [1.807, 2.05) is 20.8 Å². The number of nitrogens with zero attached hydrogens (tertiary/aromatic N) is 1. The van der Waals surface area contributed by atoms with Gasteiger partial charge < -0.3 is 10.3 Å². The Balaban J connectivity index is 2.48. The summed E-state index contributed by atoms with van der Waals surface area (Å²) in [5, 5.41) is 6.29. The summed E-state index contributed by atoms with van der Waals surface area (Å²) in [7, 11) is 0. The number of hydrogen-bond donors (Lipinski definition) is 2. The Morgan fingerprint density at radius 2 is 2.25 bits per heavy atom. The van der Waals surface area contributed by atoms with Gasteiger partial charge in [-0.05, 0) is 12.3 Å². The van der Waals surface area contributed by atoms with Crippen LogP contribution < -0.4 is 11.1 Å². The quantitative estimate of drug-likeness (QED) is 0.820. The molecule has 0 saturated heterocycles. The van der Waals surface area contributed by atoms with Crippen LogP contribution in [0, 0.1) is 12.3 Å². The molecule has 1 heterocycles. The lowest BCUT2D eigenvalue weighted by Gasteiger charge is -2.26. The SMILES string of the molecule is Cc1cc(NC(=O)CC(N)C(C)(C)C)on1. The van der Waals surface area contributed by atoms with Gasteiger partial charge in [0, 0.05) is 18.5 Å². The lowest BCUT2D eigenvalue weighted by molar-refractivity contribution is -0.117. The second-order valence-electron chi connectivity index (χ2n) is 5.06. The molecule has 5 heteroatoms. The Hall–Kier alpha value is -1.36. The Morgan fingerprint density at radius 3 is 2.69 bits per heavy atom. The smallest absolute Gasteiger partial charge is 0.231 e. The minimum Gasteiger partial charge on any atom is -0.338 e. The van der Waals surface area contributed by atoms with E-state index in [0.717, 1.165) is 5.69 Å². The number of amides is 1. The molecule has 16 heavy (non-hydrogen) atoms. The molecule has 0 saturated carbocycles. The average molecular weight is 225 g/mol. The van der Waals surface area contributed by atoms with Gasteiger partial charge in [-0.3, -0.25) is 10.1 Å². The summed E-state index contributed by atoms with van der Waals surface area (Å²) in [6.07, 6.45) is 0.267. The predicted molar refractivity (Wildman–Crippen MR) is 61.9 cm³/mol. The van der Waals surface area contributed by atoms with Crippen LogP contribution in [0.2, 0.25) is 0 Å². The molecular formula is C11H19N3O2. The largest absolute Gasteiger partial charge is 0.338 e. The molecule has 90 valence electrons. The van der Waals surface area contributed by atoms with Gasteiger partial charge in [0.15, 0.2) is 0 Å². The fraction of sp³-hybridized carbons (Fsp3) is 0.636. The van der Waals surface area contributed by atoms with Crippen molar-refractivity contribution < 1.29 is 9.32 Å². The van der Waals surface area contributed by atoms with Crippen molar-refractivity contribution in [3.05, 3.63) is 11.8 Å². The molecule has 0 radical (unpaired) electrons. The number of carbonyl (C=O) groups excluding carboxylic acids is 1. The van der Waals surface area contributed by atoms with E-state index in [0.29, 0.717) is 5.88 Å². The summed E-state index contributed by atoms with van der Waals surface area (Å²) >= 11 is 0. The number of nitrogens with two attached hydrogens (primary N) is 1. The molecular weight excluding hydrogens is 206 g/mol. The molecule has 3 N–H and O–H groups in total. The molecule has 1 atom stereocenters. The van der Waals surface area contributed by atoms with E-state index < -0.39 is 0 Å². The fourth-order valence-electron chi connectivity index (χ4n) is 1.12. The summed E-state index contributed by atoms with van der Waals surface area (Å²) < 4.78 is 4.88. The van der Waals surface area contributed by atoms with Crippen molar-refractivity contribution in [1.29, 1.82) is 0 Å². The van der Waals surface area contributed by atoms with Crippen LogP contribution in [0.4, 0.5) is 5.88 Å². The van der Waals surface area contributed by atoms with Gasteiger partial charge in [-0.1, -0.05) is 25.9 Å². The van der Waals surface area contributed by atoms with E-state index in [1.54, 1.807) is 13.0 Å². The van der Waals surface area contributed by atoms with Crippen molar-refractivity contribution in [1.82, 2.24) is 5.16 Å².